The molecular formula is C35H31BrN2O5S. The van der Waals surface area contributed by atoms with Crippen molar-refractivity contribution in [2.75, 3.05) is 20.3 Å². The van der Waals surface area contributed by atoms with E-state index in [0.29, 0.717) is 48.1 Å². The summed E-state index contributed by atoms with van der Waals surface area (Å²) in [5, 5.41) is 0. The average molecular weight is 672 g/mol. The lowest BCUT2D eigenvalue weighted by Gasteiger charge is -2.26. The molecule has 3 aromatic carbocycles. The van der Waals surface area contributed by atoms with Crippen LogP contribution in [-0.2, 0) is 9.53 Å². The van der Waals surface area contributed by atoms with Gasteiger partial charge in [0.05, 0.1) is 40.0 Å². The molecule has 1 atom stereocenters. The molecule has 1 aliphatic rings. The lowest BCUT2D eigenvalue weighted by Crippen LogP contribution is -2.40. The number of esters is 1. The summed E-state index contributed by atoms with van der Waals surface area (Å²) in [5.41, 5.74) is 3.92. The summed E-state index contributed by atoms with van der Waals surface area (Å²) in [6.45, 7) is 6.27. The number of halogens is 1. The molecule has 0 spiro atoms. The Morgan fingerprint density at radius 2 is 1.89 bits per heavy atom. The van der Waals surface area contributed by atoms with E-state index < -0.39 is 12.0 Å². The molecule has 2 heterocycles. The summed E-state index contributed by atoms with van der Waals surface area (Å²) in [6, 6.07) is 20.4. The second kappa shape index (κ2) is 13.5. The molecule has 44 heavy (non-hydrogen) atoms. The first-order valence-corrected chi connectivity index (χ1v) is 15.7. The van der Waals surface area contributed by atoms with E-state index in [0.717, 1.165) is 16.7 Å². The van der Waals surface area contributed by atoms with Gasteiger partial charge < -0.3 is 14.2 Å². The molecule has 5 rings (SSSR count). The molecule has 7 nitrogen and oxygen atoms in total. The lowest BCUT2D eigenvalue weighted by molar-refractivity contribution is -0.138. The number of rotatable bonds is 9. The maximum atomic E-state index is 14.2. The van der Waals surface area contributed by atoms with Crippen molar-refractivity contribution in [3.8, 4) is 23.8 Å². The van der Waals surface area contributed by atoms with Crippen molar-refractivity contribution < 1.29 is 19.0 Å². The first-order valence-electron chi connectivity index (χ1n) is 14.1. The molecule has 0 saturated heterocycles. The molecule has 0 unspecified atom stereocenters. The van der Waals surface area contributed by atoms with Gasteiger partial charge in [-0.05, 0) is 63.7 Å². The molecule has 0 radical (unpaired) electrons. The van der Waals surface area contributed by atoms with Gasteiger partial charge in [-0.3, -0.25) is 9.36 Å². The maximum absolute atomic E-state index is 14.2. The number of nitrogens with zero attached hydrogens (tertiary/aromatic N) is 2. The van der Waals surface area contributed by atoms with Crippen LogP contribution in [0.1, 0.15) is 55.0 Å². The first-order chi connectivity index (χ1) is 21.3. The van der Waals surface area contributed by atoms with Crippen molar-refractivity contribution in [3.05, 3.63) is 119 Å². The number of fused-ring (bicyclic) bond motifs is 1. The highest BCUT2D eigenvalue weighted by Gasteiger charge is 2.35. The molecule has 224 valence electrons. The van der Waals surface area contributed by atoms with Crippen molar-refractivity contribution in [1.29, 1.82) is 0 Å². The van der Waals surface area contributed by atoms with E-state index in [2.05, 4.69) is 35.7 Å². The van der Waals surface area contributed by atoms with Crippen molar-refractivity contribution in [3.63, 3.8) is 0 Å². The fourth-order valence-electron chi connectivity index (χ4n) is 5.05. The molecule has 0 N–H and O–H groups in total. The fourth-order valence-corrected chi connectivity index (χ4v) is 6.62. The lowest BCUT2D eigenvalue weighted by atomic mass is 9.91. The predicted octanol–water partition coefficient (Wildman–Crippen LogP) is 5.84. The van der Waals surface area contributed by atoms with Gasteiger partial charge in [-0.2, -0.15) is 0 Å². The Kier molecular flexibility index (Phi) is 9.52. The second-order valence-corrected chi connectivity index (χ2v) is 12.1. The Balaban J connectivity index is 1.77. The van der Waals surface area contributed by atoms with E-state index in [1.54, 1.807) is 23.6 Å². The van der Waals surface area contributed by atoms with Gasteiger partial charge in [-0.1, -0.05) is 85.7 Å². The largest absolute Gasteiger partial charge is 0.493 e. The summed E-state index contributed by atoms with van der Waals surface area (Å²) in [6.07, 6.45) is 7.14. The minimum atomic E-state index is -0.746. The molecule has 9 heteroatoms. The van der Waals surface area contributed by atoms with Crippen LogP contribution in [0, 0.1) is 12.3 Å². The van der Waals surface area contributed by atoms with Gasteiger partial charge in [-0.25, -0.2) is 9.79 Å². The monoisotopic (exact) mass is 670 g/mol. The van der Waals surface area contributed by atoms with Crippen LogP contribution in [0.4, 0.5) is 0 Å². The van der Waals surface area contributed by atoms with Gasteiger partial charge in [0, 0.05) is 5.56 Å². The summed E-state index contributed by atoms with van der Waals surface area (Å²) in [4.78, 5) is 33.3. The van der Waals surface area contributed by atoms with E-state index in [-0.39, 0.29) is 18.8 Å². The number of hydrogen-bond acceptors (Lipinski definition) is 7. The minimum Gasteiger partial charge on any atom is -0.493 e. The van der Waals surface area contributed by atoms with Gasteiger partial charge >= 0.3 is 5.97 Å². The molecule has 1 aliphatic heterocycles. The normalized spacial score (nSPS) is 14.6. The fraction of sp³-hybridized carbons (Fsp3) is 0.229. The molecular weight excluding hydrogens is 640 g/mol. The molecule has 0 saturated carbocycles. The summed E-state index contributed by atoms with van der Waals surface area (Å²) in [7, 11) is 1.54. The third kappa shape index (κ3) is 6.14. The Hall–Kier alpha value is -4.39. The summed E-state index contributed by atoms with van der Waals surface area (Å²) in [5.74, 6) is 3.20. The van der Waals surface area contributed by atoms with Gasteiger partial charge in [0.25, 0.3) is 5.56 Å². The molecule has 0 fully saturated rings. The van der Waals surface area contributed by atoms with Crippen LogP contribution in [0.25, 0.3) is 11.8 Å². The standard InChI is InChI=1S/C35H31BrN2O5S/c1-6-17-43-32-26(36)18-22(19-27(32)41-5)20-28-33(39)38-31(25-15-13-23(14-16-25)21(3)4)29(34(40)42-7-2)30(37-35(38)44-28)24-11-9-8-10-12-24/h1,8-16,18-21,31H,7,17H2,2-5H3/b28-20-/t31-/m0/s1. The van der Waals surface area contributed by atoms with Crippen LogP contribution in [0.15, 0.2) is 86.6 Å². The third-order valence-electron chi connectivity index (χ3n) is 7.14. The van der Waals surface area contributed by atoms with Crippen LogP contribution in [-0.4, -0.2) is 30.9 Å². The van der Waals surface area contributed by atoms with E-state index in [4.69, 9.17) is 25.6 Å². The molecule has 0 aliphatic carbocycles. The topological polar surface area (TPSA) is 79.1 Å². The average Bonchev–Trinajstić information content (AvgIpc) is 3.34. The number of benzene rings is 3. The number of methoxy groups -OCH3 is 1. The molecule has 0 amide bonds. The van der Waals surface area contributed by atoms with Crippen molar-refractivity contribution in [2.24, 2.45) is 4.99 Å². The zero-order chi connectivity index (χ0) is 31.4. The highest BCUT2D eigenvalue weighted by atomic mass is 79.9. The summed E-state index contributed by atoms with van der Waals surface area (Å²) >= 11 is 4.79. The molecule has 1 aromatic heterocycles. The zero-order valence-electron chi connectivity index (χ0n) is 24.8. The van der Waals surface area contributed by atoms with Gasteiger partial charge in [0.1, 0.15) is 6.61 Å². The number of thiazole rings is 1. The van der Waals surface area contributed by atoms with E-state index >= 15 is 0 Å². The minimum absolute atomic E-state index is 0.0810. The molecule has 0 bridgehead atoms. The van der Waals surface area contributed by atoms with Crippen LogP contribution >= 0.6 is 27.3 Å². The van der Waals surface area contributed by atoms with Gasteiger partial charge in [0.15, 0.2) is 16.3 Å². The summed E-state index contributed by atoms with van der Waals surface area (Å²) < 4.78 is 19.4. The Morgan fingerprint density at radius 1 is 1.16 bits per heavy atom. The van der Waals surface area contributed by atoms with E-state index in [1.807, 2.05) is 60.7 Å². The highest BCUT2D eigenvalue weighted by molar-refractivity contribution is 9.10. The second-order valence-electron chi connectivity index (χ2n) is 10.3. The Labute approximate surface area is 268 Å². The highest BCUT2D eigenvalue weighted by Crippen LogP contribution is 2.38. The van der Waals surface area contributed by atoms with Crippen molar-refractivity contribution in [2.45, 2.75) is 32.7 Å². The number of carbonyl (C=O) groups is 1. The van der Waals surface area contributed by atoms with E-state index in [9.17, 15) is 9.59 Å². The smallest absolute Gasteiger partial charge is 0.338 e. The van der Waals surface area contributed by atoms with Crippen molar-refractivity contribution in [1.82, 2.24) is 4.57 Å². The van der Waals surface area contributed by atoms with Crippen LogP contribution in [0.3, 0.4) is 0 Å². The maximum Gasteiger partial charge on any atom is 0.338 e. The predicted molar refractivity (Wildman–Crippen MR) is 177 cm³/mol. The van der Waals surface area contributed by atoms with Crippen LogP contribution in [0.5, 0.6) is 11.5 Å². The Morgan fingerprint density at radius 3 is 2.52 bits per heavy atom. The SMILES string of the molecule is C#CCOc1c(Br)cc(/C=c2\sc3n(c2=O)[C@@H](c2ccc(C(C)C)cc2)C(C(=O)OCC)=C(c2ccccc2)N=3)cc1OC. The number of ether oxygens (including phenoxy) is 3. The number of hydrogen-bond donors (Lipinski definition) is 0. The number of aromatic nitrogens is 1. The number of carbonyl (C=O) groups excluding carboxylic acids is 1. The molecule has 4 aromatic rings. The van der Waals surface area contributed by atoms with Crippen molar-refractivity contribution >= 4 is 45.0 Å². The van der Waals surface area contributed by atoms with E-state index in [1.165, 1.54) is 18.4 Å². The quantitative estimate of drug-likeness (QED) is 0.165. The van der Waals surface area contributed by atoms with Gasteiger partial charge in [-0.15, -0.1) is 6.42 Å². The third-order valence-corrected chi connectivity index (χ3v) is 8.71. The van der Waals surface area contributed by atoms with Crippen LogP contribution in [0.2, 0.25) is 0 Å². The Bertz CT molecular complexity index is 1950. The first kappa shape index (κ1) is 31.0. The van der Waals surface area contributed by atoms with Crippen LogP contribution < -0.4 is 24.4 Å². The number of terminal acetylenes is 1. The van der Waals surface area contributed by atoms with Gasteiger partial charge in [0.2, 0.25) is 0 Å². The zero-order valence-corrected chi connectivity index (χ0v) is 27.2.